The van der Waals surface area contributed by atoms with E-state index in [1.165, 1.54) is 0 Å². The van der Waals surface area contributed by atoms with Crippen LogP contribution in [-0.2, 0) is 6.42 Å². The molecule has 56 valence electrons. The number of nitrogens with zero attached hydrogens (tertiary/aromatic N) is 1. The predicted molar refractivity (Wildman–Crippen MR) is 53.5 cm³/mol. The molecule has 11 heavy (non-hydrogen) atoms. The van der Waals surface area contributed by atoms with Crippen LogP contribution in [-0.4, -0.2) is 0 Å². The fraction of sp³-hybridized carbons (Fsp3) is 0.125. The van der Waals surface area contributed by atoms with Gasteiger partial charge in [-0.1, -0.05) is 17.7 Å². The third-order valence-electron chi connectivity index (χ3n) is 1.28. The lowest BCUT2D eigenvalue weighted by Gasteiger charge is -1.98. The first-order chi connectivity index (χ1) is 5.24. The highest BCUT2D eigenvalue weighted by Gasteiger charge is 1.98. The van der Waals surface area contributed by atoms with Gasteiger partial charge in [-0.15, -0.1) is 0 Å². The van der Waals surface area contributed by atoms with E-state index in [2.05, 4.69) is 28.7 Å². The van der Waals surface area contributed by atoms with E-state index in [9.17, 15) is 0 Å². The maximum atomic E-state index is 8.40. The third kappa shape index (κ3) is 2.35. The van der Waals surface area contributed by atoms with Gasteiger partial charge in [0.25, 0.3) is 0 Å². The number of nitriles is 1. The lowest BCUT2D eigenvalue weighted by atomic mass is 10.2. The van der Waals surface area contributed by atoms with Gasteiger partial charge in [0.1, 0.15) is 0 Å². The Hall–Kier alpha value is -0.270. The van der Waals surface area contributed by atoms with Crippen molar-refractivity contribution in [2.75, 3.05) is 0 Å². The molecule has 0 aromatic heterocycles. The van der Waals surface area contributed by atoms with Crippen LogP contribution in [0.2, 0.25) is 5.02 Å². The smallest absolute Gasteiger partial charge is 0.0670 e. The van der Waals surface area contributed by atoms with Crippen molar-refractivity contribution < 1.29 is 0 Å². The molecule has 0 unspecified atom stereocenters. The Bertz CT molecular complexity index is 303. The first-order valence-corrected chi connectivity index (χ1v) is 4.50. The van der Waals surface area contributed by atoms with E-state index < -0.39 is 0 Å². The van der Waals surface area contributed by atoms with Crippen LogP contribution in [0.3, 0.4) is 0 Å². The van der Waals surface area contributed by atoms with Crippen LogP contribution in [0.4, 0.5) is 0 Å². The molecule has 0 atom stereocenters. The Morgan fingerprint density at radius 2 is 2.27 bits per heavy atom. The molecule has 0 radical (unpaired) electrons. The van der Waals surface area contributed by atoms with E-state index in [1.54, 1.807) is 0 Å². The van der Waals surface area contributed by atoms with Gasteiger partial charge in [-0.3, -0.25) is 0 Å². The Labute approximate surface area is 84.1 Å². The maximum Gasteiger partial charge on any atom is 0.0670 e. The van der Waals surface area contributed by atoms with E-state index >= 15 is 0 Å². The van der Waals surface area contributed by atoms with Gasteiger partial charge in [0, 0.05) is 8.59 Å². The SMILES string of the molecule is N#CCc1ccc(I)cc1Cl. The monoisotopic (exact) mass is 277 g/mol. The van der Waals surface area contributed by atoms with Gasteiger partial charge in [0.15, 0.2) is 0 Å². The summed E-state index contributed by atoms with van der Waals surface area (Å²) in [6.45, 7) is 0. The molecule has 1 nitrogen and oxygen atoms in total. The highest BCUT2D eigenvalue weighted by atomic mass is 127. The minimum atomic E-state index is 0.385. The fourth-order valence-electron chi connectivity index (χ4n) is 0.750. The Kier molecular flexibility index (Phi) is 3.16. The summed E-state index contributed by atoms with van der Waals surface area (Å²) in [6.07, 6.45) is 0.385. The first kappa shape index (κ1) is 8.82. The largest absolute Gasteiger partial charge is 0.198 e. The van der Waals surface area contributed by atoms with Crippen molar-refractivity contribution in [3.05, 3.63) is 32.4 Å². The molecule has 1 aromatic carbocycles. The predicted octanol–water partition coefficient (Wildman–Crippen LogP) is 3.01. The zero-order chi connectivity index (χ0) is 8.27. The van der Waals surface area contributed by atoms with Gasteiger partial charge in [-0.05, 0) is 40.3 Å². The van der Waals surface area contributed by atoms with Crippen molar-refractivity contribution >= 4 is 34.2 Å². The van der Waals surface area contributed by atoms with E-state index in [0.717, 1.165) is 9.13 Å². The molecule has 0 saturated heterocycles. The second-order valence-corrected chi connectivity index (χ2v) is 3.72. The van der Waals surface area contributed by atoms with Crippen LogP contribution in [0, 0.1) is 14.9 Å². The lowest BCUT2D eigenvalue weighted by Crippen LogP contribution is -1.83. The van der Waals surface area contributed by atoms with E-state index in [-0.39, 0.29) is 0 Å². The number of rotatable bonds is 1. The summed E-state index contributed by atoms with van der Waals surface area (Å²) in [5.41, 5.74) is 0.898. The summed E-state index contributed by atoms with van der Waals surface area (Å²) in [5.74, 6) is 0. The average molecular weight is 277 g/mol. The molecule has 0 aliphatic rings. The van der Waals surface area contributed by atoms with Gasteiger partial charge < -0.3 is 0 Å². The zero-order valence-electron chi connectivity index (χ0n) is 5.64. The van der Waals surface area contributed by atoms with E-state index in [0.29, 0.717) is 11.4 Å². The van der Waals surface area contributed by atoms with Crippen LogP contribution < -0.4 is 0 Å². The van der Waals surface area contributed by atoms with E-state index in [1.807, 2.05) is 18.2 Å². The number of benzene rings is 1. The summed E-state index contributed by atoms with van der Waals surface area (Å²) in [4.78, 5) is 0. The minimum Gasteiger partial charge on any atom is -0.198 e. The molecule has 0 saturated carbocycles. The van der Waals surface area contributed by atoms with Crippen molar-refractivity contribution in [3.63, 3.8) is 0 Å². The molecule has 1 rings (SSSR count). The van der Waals surface area contributed by atoms with Crippen molar-refractivity contribution in [1.29, 1.82) is 5.26 Å². The molecular weight excluding hydrogens is 272 g/mol. The molecule has 0 fully saturated rings. The Balaban J connectivity index is 3.01. The van der Waals surface area contributed by atoms with Crippen LogP contribution in [0.25, 0.3) is 0 Å². The summed E-state index contributed by atoms with van der Waals surface area (Å²) in [7, 11) is 0. The van der Waals surface area contributed by atoms with Crippen LogP contribution in [0.15, 0.2) is 18.2 Å². The van der Waals surface area contributed by atoms with E-state index in [4.69, 9.17) is 16.9 Å². The number of halogens is 2. The zero-order valence-corrected chi connectivity index (χ0v) is 8.56. The molecule has 0 aliphatic carbocycles. The molecule has 0 N–H and O–H groups in total. The molecular formula is C8H5ClIN. The topological polar surface area (TPSA) is 23.8 Å². The molecule has 1 aromatic rings. The second-order valence-electron chi connectivity index (χ2n) is 2.07. The average Bonchev–Trinajstić information content (AvgIpc) is 1.95. The maximum absolute atomic E-state index is 8.40. The second kappa shape index (κ2) is 3.93. The van der Waals surface area contributed by atoms with Crippen molar-refractivity contribution in [3.8, 4) is 6.07 Å². The van der Waals surface area contributed by atoms with Crippen molar-refractivity contribution in [2.24, 2.45) is 0 Å². The third-order valence-corrected chi connectivity index (χ3v) is 2.31. The van der Waals surface area contributed by atoms with Crippen LogP contribution in [0.1, 0.15) is 5.56 Å². The van der Waals surface area contributed by atoms with Gasteiger partial charge in [-0.25, -0.2) is 0 Å². The molecule has 0 bridgehead atoms. The van der Waals surface area contributed by atoms with Crippen molar-refractivity contribution in [1.82, 2.24) is 0 Å². The van der Waals surface area contributed by atoms with Crippen LogP contribution in [0.5, 0.6) is 0 Å². The fourth-order valence-corrected chi connectivity index (χ4v) is 1.67. The van der Waals surface area contributed by atoms with Gasteiger partial charge in [0.05, 0.1) is 12.5 Å². The summed E-state index contributed by atoms with van der Waals surface area (Å²) in [6, 6.07) is 7.74. The molecule has 3 heteroatoms. The molecule has 0 heterocycles. The summed E-state index contributed by atoms with van der Waals surface area (Å²) in [5, 5.41) is 9.08. The summed E-state index contributed by atoms with van der Waals surface area (Å²) < 4.78 is 1.09. The molecule has 0 amide bonds. The standard InChI is InChI=1S/C8H5ClIN/c9-8-5-7(10)2-1-6(8)3-4-11/h1-2,5H,3H2. The quantitative estimate of drug-likeness (QED) is 0.724. The molecule has 0 aliphatic heterocycles. The Morgan fingerprint density at radius 1 is 1.55 bits per heavy atom. The number of hydrogen-bond donors (Lipinski definition) is 0. The first-order valence-electron chi connectivity index (χ1n) is 3.05. The van der Waals surface area contributed by atoms with Crippen molar-refractivity contribution in [2.45, 2.75) is 6.42 Å². The van der Waals surface area contributed by atoms with Crippen LogP contribution >= 0.6 is 34.2 Å². The normalized spacial score (nSPS) is 9.18. The highest BCUT2D eigenvalue weighted by Crippen LogP contribution is 2.18. The summed E-state index contributed by atoms with van der Waals surface area (Å²) >= 11 is 8.04. The highest BCUT2D eigenvalue weighted by molar-refractivity contribution is 14.1. The van der Waals surface area contributed by atoms with Gasteiger partial charge >= 0.3 is 0 Å². The number of hydrogen-bond acceptors (Lipinski definition) is 1. The minimum absolute atomic E-state index is 0.385. The lowest BCUT2D eigenvalue weighted by molar-refractivity contribution is 1.26. The van der Waals surface area contributed by atoms with Gasteiger partial charge in [-0.2, -0.15) is 5.26 Å². The molecule has 0 spiro atoms. The Morgan fingerprint density at radius 3 is 2.82 bits per heavy atom. The van der Waals surface area contributed by atoms with Gasteiger partial charge in [0.2, 0.25) is 0 Å².